The lowest BCUT2D eigenvalue weighted by molar-refractivity contribution is 0.453. The summed E-state index contributed by atoms with van der Waals surface area (Å²) in [6.45, 7) is 2.17. The second-order valence-corrected chi connectivity index (χ2v) is 6.98. The molecule has 2 aromatic rings. The number of rotatable bonds is 3. The summed E-state index contributed by atoms with van der Waals surface area (Å²) in [5, 5.41) is 7.50. The predicted molar refractivity (Wildman–Crippen MR) is 96.7 cm³/mol. The van der Waals surface area contributed by atoms with Crippen LogP contribution < -0.4 is 10.6 Å². The zero-order valence-electron chi connectivity index (χ0n) is 11.2. The van der Waals surface area contributed by atoms with Crippen LogP contribution in [0.3, 0.4) is 0 Å². The van der Waals surface area contributed by atoms with E-state index in [1.807, 2.05) is 6.07 Å². The van der Waals surface area contributed by atoms with Gasteiger partial charge in [0.15, 0.2) is 5.13 Å². The molecule has 0 bridgehead atoms. The zero-order chi connectivity index (χ0) is 13.1. The Morgan fingerprint density at radius 3 is 2.67 bits per heavy atom. The van der Waals surface area contributed by atoms with Crippen molar-refractivity contribution in [3.63, 3.8) is 0 Å². The molecule has 116 valence electrons. The van der Waals surface area contributed by atoms with E-state index in [1.165, 1.54) is 18.5 Å². The number of thiazole rings is 1. The van der Waals surface area contributed by atoms with Gasteiger partial charge in [0.25, 0.3) is 0 Å². The molecule has 0 amide bonds. The fourth-order valence-electron chi connectivity index (χ4n) is 2.29. The van der Waals surface area contributed by atoms with Crippen LogP contribution in [0.5, 0.6) is 0 Å². The van der Waals surface area contributed by atoms with E-state index < -0.39 is 0 Å². The number of nitrogens with one attached hydrogen (secondary N) is 2. The third-order valence-electron chi connectivity index (χ3n) is 3.24. The lowest BCUT2D eigenvalue weighted by Gasteiger charge is -2.22. The molecule has 2 N–H and O–H groups in total. The number of hydrogen-bond acceptors (Lipinski definition) is 5. The van der Waals surface area contributed by atoms with E-state index in [0.717, 1.165) is 27.8 Å². The number of pyridine rings is 1. The molecule has 0 radical (unpaired) electrons. The van der Waals surface area contributed by atoms with Crippen LogP contribution >= 0.6 is 52.1 Å². The molecule has 2 aromatic heterocycles. The van der Waals surface area contributed by atoms with Gasteiger partial charge in [0.05, 0.1) is 9.98 Å². The molecule has 1 aliphatic heterocycles. The summed E-state index contributed by atoms with van der Waals surface area (Å²) in [4.78, 5) is 8.98. The summed E-state index contributed by atoms with van der Waals surface area (Å²) in [5.74, 6) is 1.45. The highest BCUT2D eigenvalue weighted by atomic mass is 79.9. The number of aromatic nitrogens is 2. The monoisotopic (exact) mass is 410 g/mol. The van der Waals surface area contributed by atoms with E-state index in [-0.39, 0.29) is 24.8 Å². The molecule has 1 fully saturated rings. The largest absolute Gasteiger partial charge is 0.317 e. The van der Waals surface area contributed by atoms with Crippen molar-refractivity contribution in [1.29, 1.82) is 0 Å². The van der Waals surface area contributed by atoms with Crippen molar-refractivity contribution in [3.05, 3.63) is 33.9 Å². The predicted octanol–water partition coefficient (Wildman–Crippen LogP) is 4.35. The SMILES string of the molecule is Brc1cnc(Nc2cccc(C3CCNCC3)n2)s1.Cl.Cl. The van der Waals surface area contributed by atoms with Crippen LogP contribution in [0.2, 0.25) is 0 Å². The maximum Gasteiger partial charge on any atom is 0.189 e. The Morgan fingerprint density at radius 1 is 1.24 bits per heavy atom. The lowest BCUT2D eigenvalue weighted by Crippen LogP contribution is -2.27. The maximum absolute atomic E-state index is 4.71. The molecular weight excluding hydrogens is 395 g/mol. The van der Waals surface area contributed by atoms with Gasteiger partial charge in [-0.05, 0) is 54.0 Å². The van der Waals surface area contributed by atoms with E-state index in [0.29, 0.717) is 5.92 Å². The highest BCUT2D eigenvalue weighted by molar-refractivity contribution is 9.11. The number of nitrogens with zero attached hydrogens (tertiary/aromatic N) is 2. The third kappa shape index (κ3) is 5.07. The average Bonchev–Trinajstić information content (AvgIpc) is 2.85. The first-order valence-electron chi connectivity index (χ1n) is 6.37. The smallest absolute Gasteiger partial charge is 0.189 e. The fourth-order valence-corrected chi connectivity index (χ4v) is 3.40. The fraction of sp³-hybridized carbons (Fsp3) is 0.385. The molecule has 3 rings (SSSR count). The molecule has 21 heavy (non-hydrogen) atoms. The van der Waals surface area contributed by atoms with E-state index in [2.05, 4.69) is 43.7 Å². The molecule has 0 aliphatic carbocycles. The minimum atomic E-state index is 0. The van der Waals surface area contributed by atoms with Crippen molar-refractivity contribution >= 4 is 63.0 Å². The Kier molecular flexibility index (Phi) is 7.90. The Hall–Kier alpha value is -0.400. The molecule has 1 aliphatic rings. The molecule has 0 atom stereocenters. The highest BCUT2D eigenvalue weighted by Gasteiger charge is 2.16. The van der Waals surface area contributed by atoms with Gasteiger partial charge in [-0.1, -0.05) is 17.4 Å². The van der Waals surface area contributed by atoms with Gasteiger partial charge in [-0.3, -0.25) is 0 Å². The Morgan fingerprint density at radius 2 is 2.00 bits per heavy atom. The number of halogens is 3. The van der Waals surface area contributed by atoms with Gasteiger partial charge in [0.1, 0.15) is 5.82 Å². The van der Waals surface area contributed by atoms with E-state index in [1.54, 1.807) is 17.5 Å². The molecule has 0 unspecified atom stereocenters. The molecule has 3 heterocycles. The Balaban J connectivity index is 0.00000110. The first-order valence-corrected chi connectivity index (χ1v) is 7.98. The number of anilines is 2. The maximum atomic E-state index is 4.71. The van der Waals surface area contributed by atoms with Crippen molar-refractivity contribution in [3.8, 4) is 0 Å². The summed E-state index contributed by atoms with van der Waals surface area (Å²) in [7, 11) is 0. The Bertz CT molecular complexity index is 561. The summed E-state index contributed by atoms with van der Waals surface area (Å²) in [6, 6.07) is 6.17. The standard InChI is InChI=1S/C13H15BrN4S.2ClH/c14-11-8-16-13(19-11)18-12-3-1-2-10(17-12)9-4-6-15-7-5-9;;/h1-3,8-9,15H,4-7H2,(H,16,17,18);2*1H. The number of piperidine rings is 1. The van der Waals surface area contributed by atoms with Crippen molar-refractivity contribution < 1.29 is 0 Å². The minimum Gasteiger partial charge on any atom is -0.317 e. The van der Waals surface area contributed by atoms with Crippen molar-refractivity contribution in [1.82, 2.24) is 15.3 Å². The third-order valence-corrected chi connectivity index (χ3v) is 4.63. The van der Waals surface area contributed by atoms with Crippen LogP contribution in [0.15, 0.2) is 28.2 Å². The topological polar surface area (TPSA) is 49.8 Å². The van der Waals surface area contributed by atoms with Crippen LogP contribution in [0.4, 0.5) is 10.9 Å². The van der Waals surface area contributed by atoms with Crippen molar-refractivity contribution in [2.45, 2.75) is 18.8 Å². The summed E-state index contributed by atoms with van der Waals surface area (Å²) >= 11 is 4.98. The number of hydrogen-bond donors (Lipinski definition) is 2. The molecule has 0 spiro atoms. The van der Waals surface area contributed by atoms with E-state index in [9.17, 15) is 0 Å². The van der Waals surface area contributed by atoms with Crippen molar-refractivity contribution in [2.75, 3.05) is 18.4 Å². The molecule has 8 heteroatoms. The molecule has 4 nitrogen and oxygen atoms in total. The van der Waals surface area contributed by atoms with Gasteiger partial charge in [0.2, 0.25) is 0 Å². The molecule has 0 aromatic carbocycles. The zero-order valence-corrected chi connectivity index (χ0v) is 15.2. The summed E-state index contributed by atoms with van der Waals surface area (Å²) in [5.41, 5.74) is 1.18. The van der Waals surface area contributed by atoms with Gasteiger partial charge < -0.3 is 10.6 Å². The van der Waals surface area contributed by atoms with Crippen LogP contribution in [0.1, 0.15) is 24.5 Å². The van der Waals surface area contributed by atoms with E-state index in [4.69, 9.17) is 4.98 Å². The van der Waals surface area contributed by atoms with Gasteiger partial charge in [0, 0.05) is 11.6 Å². The van der Waals surface area contributed by atoms with Gasteiger partial charge in [-0.15, -0.1) is 24.8 Å². The van der Waals surface area contributed by atoms with Crippen LogP contribution in [-0.2, 0) is 0 Å². The van der Waals surface area contributed by atoms with Gasteiger partial charge in [-0.25, -0.2) is 9.97 Å². The quantitative estimate of drug-likeness (QED) is 0.787. The second-order valence-electron chi connectivity index (χ2n) is 4.57. The average molecular weight is 412 g/mol. The molecular formula is C13H17BrCl2N4S. The minimum absolute atomic E-state index is 0. The summed E-state index contributed by atoms with van der Waals surface area (Å²) in [6.07, 6.45) is 4.13. The first-order chi connectivity index (χ1) is 9.31. The molecule has 0 saturated carbocycles. The highest BCUT2D eigenvalue weighted by Crippen LogP contribution is 2.28. The van der Waals surface area contributed by atoms with Gasteiger partial charge >= 0.3 is 0 Å². The Labute approximate surface area is 149 Å². The first kappa shape index (κ1) is 18.6. The second kappa shape index (κ2) is 8.90. The van der Waals surface area contributed by atoms with Crippen LogP contribution in [0, 0.1) is 0 Å². The van der Waals surface area contributed by atoms with Gasteiger partial charge in [-0.2, -0.15) is 0 Å². The van der Waals surface area contributed by atoms with Crippen LogP contribution in [0.25, 0.3) is 0 Å². The van der Waals surface area contributed by atoms with E-state index >= 15 is 0 Å². The summed E-state index contributed by atoms with van der Waals surface area (Å²) < 4.78 is 1.02. The normalized spacial score (nSPS) is 14.9. The van der Waals surface area contributed by atoms with Crippen LogP contribution in [-0.4, -0.2) is 23.1 Å². The molecule has 1 saturated heterocycles. The lowest BCUT2D eigenvalue weighted by atomic mass is 9.94. The van der Waals surface area contributed by atoms with Crippen molar-refractivity contribution in [2.24, 2.45) is 0 Å².